The molecule has 0 aliphatic carbocycles. The lowest BCUT2D eigenvalue weighted by atomic mass is 9.90. The summed E-state index contributed by atoms with van der Waals surface area (Å²) in [7, 11) is 0. The lowest BCUT2D eigenvalue weighted by Crippen LogP contribution is -2.56. The molecular weight excluding hydrogens is 400 g/mol. The Morgan fingerprint density at radius 2 is 2.13 bits per heavy atom. The van der Waals surface area contributed by atoms with Crippen molar-refractivity contribution >= 4 is 28.5 Å². The average molecular weight is 423 g/mol. The Morgan fingerprint density at radius 3 is 2.93 bits per heavy atom. The minimum Gasteiger partial charge on any atom is -0.476 e. The molecule has 154 valence electrons. The van der Waals surface area contributed by atoms with Gasteiger partial charge in [-0.3, -0.25) is 4.79 Å². The Balaban J connectivity index is 1.60. The molecule has 0 spiro atoms. The first kappa shape index (κ1) is 19.2. The lowest BCUT2D eigenvalue weighted by molar-refractivity contribution is -0.147. The molecule has 7 heteroatoms. The fourth-order valence-corrected chi connectivity index (χ4v) is 4.79. The predicted molar refractivity (Wildman–Crippen MR) is 118 cm³/mol. The van der Waals surface area contributed by atoms with Gasteiger partial charge in [0.1, 0.15) is 11.4 Å². The second kappa shape index (κ2) is 7.45. The number of H-pyrrole nitrogens is 1. The van der Waals surface area contributed by atoms with Gasteiger partial charge in [0, 0.05) is 73.0 Å². The molecular formula is C23H23ClN4O2. The maximum atomic E-state index is 13.6. The fraction of sp³-hybridized carbons (Fsp3) is 0.304. The number of piperazine rings is 1. The number of carbonyl (C=O) groups is 1. The zero-order chi connectivity index (χ0) is 20.7. The van der Waals surface area contributed by atoms with Crippen LogP contribution >= 0.6 is 11.6 Å². The Kier molecular flexibility index (Phi) is 4.76. The first-order valence-corrected chi connectivity index (χ1v) is 10.5. The molecule has 0 bridgehead atoms. The highest BCUT2D eigenvalue weighted by atomic mass is 35.5. The number of hydrogen-bond donors (Lipinski definition) is 2. The molecule has 0 radical (unpaired) electrons. The number of pyridine rings is 1. The van der Waals surface area contributed by atoms with Gasteiger partial charge >= 0.3 is 0 Å². The Labute approximate surface area is 179 Å². The molecule has 1 aromatic carbocycles. The van der Waals surface area contributed by atoms with Crippen molar-refractivity contribution in [3.8, 4) is 16.9 Å². The number of benzene rings is 1. The van der Waals surface area contributed by atoms with Crippen molar-refractivity contribution in [3.05, 3.63) is 59.9 Å². The van der Waals surface area contributed by atoms with Crippen LogP contribution in [0.25, 0.3) is 22.2 Å². The van der Waals surface area contributed by atoms with Crippen molar-refractivity contribution < 1.29 is 9.53 Å². The summed E-state index contributed by atoms with van der Waals surface area (Å²) in [6.07, 6.45) is 6.31. The summed E-state index contributed by atoms with van der Waals surface area (Å²) in [4.78, 5) is 23.0. The van der Waals surface area contributed by atoms with E-state index in [0.717, 1.165) is 46.6 Å². The van der Waals surface area contributed by atoms with Crippen molar-refractivity contribution in [2.24, 2.45) is 0 Å². The highest BCUT2D eigenvalue weighted by Crippen LogP contribution is 2.47. The van der Waals surface area contributed by atoms with Gasteiger partial charge in [0.25, 0.3) is 5.91 Å². The summed E-state index contributed by atoms with van der Waals surface area (Å²) in [5.74, 6) is 0.738. The third kappa shape index (κ3) is 3.07. The van der Waals surface area contributed by atoms with Crippen molar-refractivity contribution in [3.63, 3.8) is 0 Å². The molecule has 30 heavy (non-hydrogen) atoms. The fourth-order valence-electron chi connectivity index (χ4n) is 4.55. The molecule has 3 aromatic rings. The predicted octanol–water partition coefficient (Wildman–Crippen LogP) is 3.56. The Morgan fingerprint density at radius 1 is 1.30 bits per heavy atom. The van der Waals surface area contributed by atoms with E-state index in [-0.39, 0.29) is 5.91 Å². The van der Waals surface area contributed by atoms with Crippen LogP contribution in [0.5, 0.6) is 5.75 Å². The number of fused-ring (bicyclic) bond motifs is 2. The first-order valence-electron chi connectivity index (χ1n) is 10.2. The number of rotatable bonds is 4. The maximum Gasteiger partial charge on any atom is 0.267 e. The number of carbonyl (C=O) groups excluding carboxylic acids is 1. The highest BCUT2D eigenvalue weighted by molar-refractivity contribution is 6.31. The van der Waals surface area contributed by atoms with Crippen LogP contribution in [0.3, 0.4) is 0 Å². The highest BCUT2D eigenvalue weighted by Gasteiger charge is 2.48. The van der Waals surface area contributed by atoms with Crippen molar-refractivity contribution in [2.75, 3.05) is 26.2 Å². The van der Waals surface area contributed by atoms with Gasteiger partial charge in [-0.15, -0.1) is 6.58 Å². The van der Waals surface area contributed by atoms with E-state index in [1.54, 1.807) is 12.3 Å². The number of nitrogens with one attached hydrogen (secondary N) is 2. The molecule has 2 aromatic heterocycles. The van der Waals surface area contributed by atoms with Crippen molar-refractivity contribution in [1.82, 2.24) is 20.2 Å². The summed E-state index contributed by atoms with van der Waals surface area (Å²) in [5.41, 5.74) is 2.62. The van der Waals surface area contributed by atoms with Gasteiger partial charge in [-0.25, -0.2) is 4.98 Å². The second-order valence-electron chi connectivity index (χ2n) is 7.85. The molecule has 1 amide bonds. The number of ether oxygens (including phenoxy) is 1. The monoisotopic (exact) mass is 422 g/mol. The van der Waals surface area contributed by atoms with E-state index in [1.807, 2.05) is 35.4 Å². The van der Waals surface area contributed by atoms with Crippen LogP contribution in [0, 0.1) is 0 Å². The van der Waals surface area contributed by atoms with E-state index in [1.165, 1.54) is 0 Å². The number of amides is 1. The van der Waals surface area contributed by atoms with E-state index in [0.29, 0.717) is 31.0 Å². The number of aromatic nitrogens is 2. The van der Waals surface area contributed by atoms with Crippen LogP contribution in [-0.2, 0) is 11.2 Å². The third-order valence-electron chi connectivity index (χ3n) is 5.92. The largest absolute Gasteiger partial charge is 0.476 e. The zero-order valence-corrected chi connectivity index (χ0v) is 17.3. The molecule has 1 saturated heterocycles. The molecule has 1 fully saturated rings. The van der Waals surface area contributed by atoms with Gasteiger partial charge in [-0.05, 0) is 29.8 Å². The van der Waals surface area contributed by atoms with Crippen LogP contribution in [0.2, 0.25) is 5.02 Å². The molecule has 2 N–H and O–H groups in total. The van der Waals surface area contributed by atoms with Crippen LogP contribution < -0.4 is 10.1 Å². The standard InChI is InChI=1S/C23H23ClN4O2/c1-2-5-23(22(29)28-10-8-25-9-11-28)14-15-12-16(24)13-19(20(15)30-23)17-3-6-26-21-18(17)4-7-27-21/h2-4,6-7,12-13,25H,1,5,8-11,14H2,(H,26,27)/t23-/m1/s1. The minimum atomic E-state index is -0.981. The van der Waals surface area contributed by atoms with Gasteiger partial charge in [-0.1, -0.05) is 17.7 Å². The summed E-state index contributed by atoms with van der Waals surface area (Å²) in [6.45, 7) is 6.84. The van der Waals surface area contributed by atoms with E-state index in [9.17, 15) is 4.79 Å². The van der Waals surface area contributed by atoms with Crippen molar-refractivity contribution in [2.45, 2.75) is 18.4 Å². The summed E-state index contributed by atoms with van der Waals surface area (Å²) in [5, 5.41) is 4.90. The molecule has 0 saturated carbocycles. The van der Waals surface area contributed by atoms with E-state index < -0.39 is 5.60 Å². The quantitative estimate of drug-likeness (QED) is 0.631. The molecule has 1 atom stereocenters. The number of halogens is 1. The molecule has 2 aliphatic heterocycles. The van der Waals surface area contributed by atoms with Gasteiger partial charge in [0.15, 0.2) is 5.60 Å². The maximum absolute atomic E-state index is 13.6. The second-order valence-corrected chi connectivity index (χ2v) is 8.28. The normalized spacial score (nSPS) is 20.8. The van der Waals surface area contributed by atoms with Crippen LogP contribution in [-0.4, -0.2) is 52.6 Å². The van der Waals surface area contributed by atoms with Gasteiger partial charge in [0.2, 0.25) is 0 Å². The van der Waals surface area contributed by atoms with Gasteiger partial charge in [-0.2, -0.15) is 0 Å². The van der Waals surface area contributed by atoms with Gasteiger partial charge in [0.05, 0.1) is 0 Å². The minimum absolute atomic E-state index is 0.0173. The Hall–Kier alpha value is -2.83. The van der Waals surface area contributed by atoms with Crippen LogP contribution in [0.1, 0.15) is 12.0 Å². The van der Waals surface area contributed by atoms with Crippen LogP contribution in [0.15, 0.2) is 49.3 Å². The first-order chi connectivity index (χ1) is 14.6. The SMILES string of the molecule is C=CC[C@]1(C(=O)N2CCNCC2)Cc2cc(Cl)cc(-c3ccnc4[nH]ccc34)c2O1. The summed E-state index contributed by atoms with van der Waals surface area (Å²) >= 11 is 6.50. The van der Waals surface area contributed by atoms with Gasteiger partial charge < -0.3 is 19.9 Å². The summed E-state index contributed by atoms with van der Waals surface area (Å²) < 4.78 is 6.54. The smallest absolute Gasteiger partial charge is 0.267 e. The number of hydrogen-bond acceptors (Lipinski definition) is 4. The van der Waals surface area contributed by atoms with E-state index >= 15 is 0 Å². The molecule has 6 nitrogen and oxygen atoms in total. The Bertz CT molecular complexity index is 1140. The molecule has 2 aliphatic rings. The molecule has 5 rings (SSSR count). The topological polar surface area (TPSA) is 70.2 Å². The van der Waals surface area contributed by atoms with E-state index in [4.69, 9.17) is 16.3 Å². The number of aromatic amines is 1. The van der Waals surface area contributed by atoms with Crippen molar-refractivity contribution in [1.29, 1.82) is 0 Å². The third-order valence-corrected chi connectivity index (χ3v) is 6.14. The molecule has 4 heterocycles. The zero-order valence-electron chi connectivity index (χ0n) is 16.6. The number of nitrogens with zero attached hydrogens (tertiary/aromatic N) is 2. The summed E-state index contributed by atoms with van der Waals surface area (Å²) in [6, 6.07) is 7.76. The van der Waals surface area contributed by atoms with Crippen LogP contribution in [0.4, 0.5) is 0 Å². The van der Waals surface area contributed by atoms with E-state index in [2.05, 4.69) is 21.9 Å². The lowest BCUT2D eigenvalue weighted by Gasteiger charge is -2.35. The average Bonchev–Trinajstić information content (AvgIpc) is 3.38. The molecule has 0 unspecified atom stereocenters.